The van der Waals surface area contributed by atoms with Crippen molar-refractivity contribution in [3.63, 3.8) is 0 Å². The minimum atomic E-state index is -0.621. The van der Waals surface area contributed by atoms with Crippen molar-refractivity contribution in [2.45, 2.75) is 0 Å². The summed E-state index contributed by atoms with van der Waals surface area (Å²) in [6.45, 7) is 2.94. The molecule has 0 unspecified atom stereocenters. The second-order valence-corrected chi connectivity index (χ2v) is 4.56. The normalized spacial score (nSPS) is 12.0. The first-order valence-corrected chi connectivity index (χ1v) is 6.51. The van der Waals surface area contributed by atoms with Gasteiger partial charge in [0.25, 0.3) is 0 Å². The van der Waals surface area contributed by atoms with Crippen molar-refractivity contribution in [1.82, 2.24) is 25.2 Å². The lowest BCUT2D eigenvalue weighted by atomic mass is 10.3. The zero-order valence-electron chi connectivity index (χ0n) is 10.4. The molecule has 0 spiro atoms. The highest BCUT2D eigenvalue weighted by atomic mass is 79.9. The Morgan fingerprint density at radius 2 is 2.30 bits per heavy atom. The number of hydrogen-bond acceptors (Lipinski definition) is 4. The Bertz CT molecular complexity index is 645. The van der Waals surface area contributed by atoms with Crippen LogP contribution in [0.25, 0.3) is 17.2 Å². The van der Waals surface area contributed by atoms with Crippen LogP contribution in [0, 0.1) is 0 Å². The number of aromatic nitrogens is 5. The Hall–Kier alpha value is -2.15. The summed E-state index contributed by atoms with van der Waals surface area (Å²) in [5, 5.41) is 12.0. The summed E-state index contributed by atoms with van der Waals surface area (Å²) in [6, 6.07) is 3.60. The Morgan fingerprint density at radius 1 is 1.45 bits per heavy atom. The van der Waals surface area contributed by atoms with Gasteiger partial charge in [-0.3, -0.25) is 4.98 Å². The number of rotatable bonds is 5. The number of pyridine rings is 1. The van der Waals surface area contributed by atoms with Gasteiger partial charge in [0.1, 0.15) is 12.4 Å². The standard InChI is InChI=1S/C13H11BrFN5/c1-2-3-4-11(7-8-15)20-18-13(17-19-20)12-6-5-10(14)9-16-12/h2-7,9H,1,8H2/b4-3-,11-7+. The van der Waals surface area contributed by atoms with Crippen molar-refractivity contribution in [2.75, 3.05) is 6.67 Å². The number of halogens is 2. The van der Waals surface area contributed by atoms with E-state index in [2.05, 4.69) is 42.9 Å². The van der Waals surface area contributed by atoms with Crippen LogP contribution >= 0.6 is 15.9 Å². The second-order valence-electron chi connectivity index (χ2n) is 3.64. The van der Waals surface area contributed by atoms with Crippen molar-refractivity contribution in [1.29, 1.82) is 0 Å². The van der Waals surface area contributed by atoms with Gasteiger partial charge in [0.15, 0.2) is 0 Å². The lowest BCUT2D eigenvalue weighted by Crippen LogP contribution is -2.00. The molecule has 0 aliphatic rings. The van der Waals surface area contributed by atoms with Crippen LogP contribution in [0.2, 0.25) is 0 Å². The predicted octanol–water partition coefficient (Wildman–Crippen LogP) is 3.05. The van der Waals surface area contributed by atoms with Crippen LogP contribution in [-0.2, 0) is 0 Å². The first-order valence-electron chi connectivity index (χ1n) is 5.72. The predicted molar refractivity (Wildman–Crippen MR) is 78.3 cm³/mol. The molecule has 2 aromatic heterocycles. The second kappa shape index (κ2) is 6.85. The van der Waals surface area contributed by atoms with E-state index in [-0.39, 0.29) is 0 Å². The third-order valence-electron chi connectivity index (χ3n) is 2.29. The maximum atomic E-state index is 12.5. The molecule has 0 fully saturated rings. The minimum absolute atomic E-state index is 0.370. The first-order chi connectivity index (χ1) is 9.74. The van der Waals surface area contributed by atoms with Crippen molar-refractivity contribution in [3.8, 4) is 11.5 Å². The summed E-state index contributed by atoms with van der Waals surface area (Å²) in [7, 11) is 0. The van der Waals surface area contributed by atoms with Gasteiger partial charge in [0.05, 0.1) is 5.70 Å². The summed E-state index contributed by atoms with van der Waals surface area (Å²) in [6.07, 6.45) is 7.89. The number of allylic oxidation sites excluding steroid dienone is 5. The van der Waals surface area contributed by atoms with Crippen LogP contribution in [-0.4, -0.2) is 31.9 Å². The molecule has 0 radical (unpaired) electrons. The molecule has 2 aromatic rings. The van der Waals surface area contributed by atoms with E-state index in [1.54, 1.807) is 30.5 Å². The van der Waals surface area contributed by atoms with E-state index in [4.69, 9.17) is 0 Å². The molecule has 0 aliphatic heterocycles. The summed E-state index contributed by atoms with van der Waals surface area (Å²) in [5.41, 5.74) is 1.06. The Kier molecular flexibility index (Phi) is 4.89. The fourth-order valence-electron chi connectivity index (χ4n) is 1.40. The molecule has 0 saturated heterocycles. The maximum absolute atomic E-state index is 12.5. The average molecular weight is 336 g/mol. The minimum Gasteiger partial charge on any atom is -0.252 e. The molecule has 0 atom stereocenters. The number of alkyl halides is 1. The number of nitrogens with zero attached hydrogens (tertiary/aromatic N) is 5. The zero-order chi connectivity index (χ0) is 14.4. The van der Waals surface area contributed by atoms with E-state index in [1.165, 1.54) is 10.9 Å². The largest absolute Gasteiger partial charge is 0.252 e. The first kappa shape index (κ1) is 14.3. The fraction of sp³-hybridized carbons (Fsp3) is 0.0769. The molecule has 102 valence electrons. The number of hydrogen-bond donors (Lipinski definition) is 0. The summed E-state index contributed by atoms with van der Waals surface area (Å²) in [5.74, 6) is 0.370. The van der Waals surface area contributed by atoms with E-state index in [1.807, 2.05) is 6.07 Å². The lowest BCUT2D eigenvalue weighted by Gasteiger charge is -1.97. The molecule has 2 heterocycles. The molecular formula is C13H11BrFN5. The molecule has 20 heavy (non-hydrogen) atoms. The van der Waals surface area contributed by atoms with Crippen molar-refractivity contribution < 1.29 is 4.39 Å². The molecule has 0 saturated carbocycles. The van der Waals surface area contributed by atoms with Gasteiger partial charge in [-0.15, -0.1) is 15.0 Å². The quantitative estimate of drug-likeness (QED) is 0.788. The van der Waals surface area contributed by atoms with Gasteiger partial charge < -0.3 is 0 Å². The summed E-state index contributed by atoms with van der Waals surface area (Å²) < 4.78 is 13.3. The van der Waals surface area contributed by atoms with Crippen LogP contribution in [0.5, 0.6) is 0 Å². The molecule has 5 nitrogen and oxygen atoms in total. The zero-order valence-corrected chi connectivity index (χ0v) is 12.0. The molecule has 0 N–H and O–H groups in total. The topological polar surface area (TPSA) is 56.5 Å². The van der Waals surface area contributed by atoms with E-state index >= 15 is 0 Å². The highest BCUT2D eigenvalue weighted by molar-refractivity contribution is 9.10. The Morgan fingerprint density at radius 3 is 2.95 bits per heavy atom. The van der Waals surface area contributed by atoms with Gasteiger partial charge in [0.2, 0.25) is 5.82 Å². The fourth-order valence-corrected chi connectivity index (χ4v) is 1.63. The highest BCUT2D eigenvalue weighted by Crippen LogP contribution is 2.15. The summed E-state index contributed by atoms with van der Waals surface area (Å²) in [4.78, 5) is 5.43. The van der Waals surface area contributed by atoms with Crippen molar-refractivity contribution >= 4 is 21.6 Å². The molecule has 0 bridgehead atoms. The third-order valence-corrected chi connectivity index (χ3v) is 2.76. The molecule has 7 heteroatoms. The van der Waals surface area contributed by atoms with Crippen LogP contribution in [0.3, 0.4) is 0 Å². The van der Waals surface area contributed by atoms with Gasteiger partial charge in [-0.25, -0.2) is 4.39 Å². The van der Waals surface area contributed by atoms with Gasteiger partial charge in [-0.2, -0.15) is 0 Å². The molecule has 2 rings (SSSR count). The van der Waals surface area contributed by atoms with Crippen LogP contribution in [0.15, 0.2) is 53.7 Å². The molecule has 0 aliphatic carbocycles. The van der Waals surface area contributed by atoms with Crippen LogP contribution in [0.1, 0.15) is 0 Å². The highest BCUT2D eigenvalue weighted by Gasteiger charge is 2.08. The van der Waals surface area contributed by atoms with E-state index in [0.717, 1.165) is 4.47 Å². The van der Waals surface area contributed by atoms with Crippen LogP contribution in [0.4, 0.5) is 4.39 Å². The summed E-state index contributed by atoms with van der Waals surface area (Å²) >= 11 is 3.30. The average Bonchev–Trinajstić information content (AvgIpc) is 2.94. The Labute approximate surface area is 123 Å². The number of tetrazole rings is 1. The molecular weight excluding hydrogens is 325 g/mol. The van der Waals surface area contributed by atoms with Crippen LogP contribution < -0.4 is 0 Å². The SMILES string of the molecule is C=C/C=C\C(=C/CF)n1nnc(-c2ccc(Br)cn2)n1. The van der Waals surface area contributed by atoms with Crippen molar-refractivity contribution in [2.24, 2.45) is 0 Å². The van der Waals surface area contributed by atoms with E-state index < -0.39 is 6.67 Å². The Balaban J connectivity index is 2.31. The van der Waals surface area contributed by atoms with Gasteiger partial charge in [0, 0.05) is 10.7 Å². The third kappa shape index (κ3) is 3.45. The smallest absolute Gasteiger partial charge is 0.223 e. The van der Waals surface area contributed by atoms with Gasteiger partial charge in [-0.1, -0.05) is 18.7 Å². The molecule has 0 amide bonds. The monoisotopic (exact) mass is 335 g/mol. The molecule has 0 aromatic carbocycles. The van der Waals surface area contributed by atoms with E-state index in [9.17, 15) is 4.39 Å². The van der Waals surface area contributed by atoms with Gasteiger partial charge >= 0.3 is 0 Å². The van der Waals surface area contributed by atoms with Gasteiger partial charge in [-0.05, 0) is 45.4 Å². The van der Waals surface area contributed by atoms with Crippen molar-refractivity contribution in [3.05, 3.63) is 53.7 Å². The van der Waals surface area contributed by atoms with E-state index in [0.29, 0.717) is 17.2 Å². The maximum Gasteiger partial charge on any atom is 0.223 e. The lowest BCUT2D eigenvalue weighted by molar-refractivity contribution is 0.560.